The number of allylic oxidation sites excluding steroid dienone is 3. The second-order valence-electron chi connectivity index (χ2n) is 1.83. The van der Waals surface area contributed by atoms with Crippen molar-refractivity contribution >= 4 is 23.6 Å². The van der Waals surface area contributed by atoms with Crippen molar-refractivity contribution in [2.75, 3.05) is 0 Å². The maximum atomic E-state index is 5.49. The van der Waals surface area contributed by atoms with E-state index >= 15 is 0 Å². The van der Waals surface area contributed by atoms with Gasteiger partial charge in [0.2, 0.25) is 0 Å². The van der Waals surface area contributed by atoms with Gasteiger partial charge in [-0.25, -0.2) is 0 Å². The number of rotatable bonds is 1. The molecule has 0 aromatic carbocycles. The molecule has 12 heavy (non-hydrogen) atoms. The summed E-state index contributed by atoms with van der Waals surface area (Å²) in [7, 11) is 11.0. The molecule has 74 valence electrons. The standard InChI is InChI=1S/C7H8.2CH3.2ClH.Ru/c1-4-5-6-7(2)3;;;;;/h5-6H,2-3H3;2*1H3;2*1H;/q;2*-1;;;+2/p-2. The predicted octanol–water partition coefficient (Wildman–Crippen LogP) is 3.89. The van der Waals surface area contributed by atoms with Crippen LogP contribution in [0, 0.1) is 14.9 Å². The molecule has 0 atom stereocenters. The summed E-state index contributed by atoms with van der Waals surface area (Å²) >= 11 is -1.75. The zero-order chi connectivity index (χ0) is 7.98. The Morgan fingerprint density at radius 3 is 2.08 bits per heavy atom. The summed E-state index contributed by atoms with van der Waals surface area (Å²) < 4.78 is 2.72. The molecule has 3 heteroatoms. The van der Waals surface area contributed by atoms with Gasteiger partial charge in [-0.15, -0.1) is 0 Å². The van der Waals surface area contributed by atoms with Crippen LogP contribution in [-0.4, -0.2) is 4.26 Å². The van der Waals surface area contributed by atoms with Gasteiger partial charge in [0.1, 0.15) is 0 Å². The van der Waals surface area contributed by atoms with Gasteiger partial charge in [0.15, 0.2) is 0 Å². The van der Waals surface area contributed by atoms with Crippen LogP contribution in [0.4, 0.5) is 0 Å². The summed E-state index contributed by atoms with van der Waals surface area (Å²) in [5.41, 5.74) is 3.98. The first-order valence-electron chi connectivity index (χ1n) is 2.60. The molecular weight excluding hydrogens is 280 g/mol. The Labute approximate surface area is 89.1 Å². The monoisotopic (exact) mass is 294 g/mol. The molecule has 0 radical (unpaired) electrons. The second kappa shape index (κ2) is 11.4. The van der Waals surface area contributed by atoms with Gasteiger partial charge in [-0.05, 0) is 0 Å². The van der Waals surface area contributed by atoms with Crippen LogP contribution < -0.4 is 0 Å². The first-order valence-corrected chi connectivity index (χ1v) is 7.95. The van der Waals surface area contributed by atoms with Gasteiger partial charge in [0, 0.05) is 0 Å². The second-order valence-corrected chi connectivity index (χ2v) is 7.14. The molecule has 0 bridgehead atoms. The molecule has 0 aromatic rings. The fraction of sp³-hybridized carbons (Fsp3) is 0.222. The normalized spacial score (nSPS) is 7.50. The van der Waals surface area contributed by atoms with Crippen LogP contribution in [0.3, 0.4) is 0 Å². The largest absolute Gasteiger partial charge is 0.358 e. The number of halogens is 2. The van der Waals surface area contributed by atoms with Crippen LogP contribution >= 0.6 is 19.4 Å². The fourth-order valence-corrected chi connectivity index (χ4v) is 1.07. The van der Waals surface area contributed by atoms with E-state index < -0.39 is 13.5 Å². The van der Waals surface area contributed by atoms with E-state index in [9.17, 15) is 0 Å². The van der Waals surface area contributed by atoms with E-state index in [1.807, 2.05) is 19.9 Å². The minimum atomic E-state index is -1.75. The Hall–Kier alpha value is 0.373. The average Bonchev–Trinajstić information content (AvgIpc) is 1.79. The molecular formula is C9H14Cl2Ru-2. The summed E-state index contributed by atoms with van der Waals surface area (Å²) in [4.78, 5) is 0. The molecule has 0 unspecified atom stereocenters. The molecule has 0 saturated heterocycles. The van der Waals surface area contributed by atoms with Crippen molar-refractivity contribution in [2.45, 2.75) is 13.8 Å². The molecule has 0 amide bonds. The summed E-state index contributed by atoms with van der Waals surface area (Å²) in [6.45, 7) is 4.02. The summed E-state index contributed by atoms with van der Waals surface area (Å²) in [5, 5.41) is 0. The van der Waals surface area contributed by atoms with Crippen molar-refractivity contribution in [3.63, 3.8) is 0 Å². The van der Waals surface area contributed by atoms with Crippen molar-refractivity contribution in [1.29, 1.82) is 0 Å². The van der Waals surface area contributed by atoms with Gasteiger partial charge in [0.25, 0.3) is 0 Å². The Kier molecular flexibility index (Phi) is 17.3. The maximum Gasteiger partial charge on any atom is -0.358 e. The first-order chi connectivity index (χ1) is 4.63. The molecule has 0 aliphatic carbocycles. The maximum absolute atomic E-state index is 5.49. The van der Waals surface area contributed by atoms with E-state index in [1.165, 1.54) is 5.57 Å². The van der Waals surface area contributed by atoms with Crippen molar-refractivity contribution in [1.82, 2.24) is 0 Å². The van der Waals surface area contributed by atoms with Gasteiger partial charge in [-0.3, -0.25) is 0 Å². The third-order valence-corrected chi connectivity index (χ3v) is 1.99. The molecule has 0 saturated carbocycles. The van der Waals surface area contributed by atoms with Gasteiger partial charge in [-0.2, -0.15) is 0 Å². The minimum absolute atomic E-state index is 0. The van der Waals surface area contributed by atoms with Crippen molar-refractivity contribution in [2.24, 2.45) is 0 Å². The van der Waals surface area contributed by atoms with E-state index in [1.54, 1.807) is 6.08 Å². The quantitative estimate of drug-likeness (QED) is 0.298. The van der Waals surface area contributed by atoms with Crippen LogP contribution in [-0.2, 0) is 13.5 Å². The summed E-state index contributed by atoms with van der Waals surface area (Å²) in [6, 6.07) is 0. The smallest absolute Gasteiger partial charge is 0.358 e. The summed E-state index contributed by atoms with van der Waals surface area (Å²) in [5.74, 6) is 0. The average molecular weight is 294 g/mol. The van der Waals surface area contributed by atoms with E-state index in [-0.39, 0.29) is 14.9 Å². The van der Waals surface area contributed by atoms with E-state index in [4.69, 9.17) is 19.4 Å². The molecule has 0 aliphatic heterocycles. The Morgan fingerprint density at radius 1 is 1.25 bits per heavy atom. The third kappa shape index (κ3) is 16.8. The molecule has 0 heterocycles. The molecule has 0 aromatic heterocycles. The van der Waals surface area contributed by atoms with Gasteiger partial charge in [-0.1, -0.05) is 0 Å². The zero-order valence-corrected chi connectivity index (χ0v) is 11.0. The number of hydrogen-bond acceptors (Lipinski definition) is 0. The van der Waals surface area contributed by atoms with Crippen LogP contribution in [0.15, 0.2) is 23.5 Å². The van der Waals surface area contributed by atoms with E-state index in [0.717, 1.165) is 0 Å². The van der Waals surface area contributed by atoms with Crippen LogP contribution in [0.2, 0.25) is 0 Å². The van der Waals surface area contributed by atoms with Crippen LogP contribution in [0.1, 0.15) is 13.8 Å². The van der Waals surface area contributed by atoms with Crippen molar-refractivity contribution < 1.29 is 13.5 Å². The molecule has 0 rings (SSSR count). The van der Waals surface area contributed by atoms with E-state index in [2.05, 4.69) is 10.00 Å². The minimum Gasteiger partial charge on any atom is -0.358 e. The molecule has 0 aliphatic rings. The Balaban J connectivity index is -0.000000405. The van der Waals surface area contributed by atoms with Gasteiger partial charge >= 0.3 is 74.5 Å². The third-order valence-electron chi connectivity index (χ3n) is 0.618. The van der Waals surface area contributed by atoms with Crippen LogP contribution in [0.5, 0.6) is 0 Å². The van der Waals surface area contributed by atoms with Crippen molar-refractivity contribution in [3.05, 3.63) is 38.3 Å². The molecule has 0 N–H and O–H groups in total. The summed E-state index contributed by atoms with van der Waals surface area (Å²) in [6.07, 6.45) is 3.69. The van der Waals surface area contributed by atoms with Gasteiger partial charge in [0.05, 0.1) is 0 Å². The first kappa shape index (κ1) is 18.2. The Bertz CT molecular complexity index is 221. The fourth-order valence-electron chi connectivity index (χ4n) is 0.276. The predicted molar refractivity (Wildman–Crippen MR) is 57.1 cm³/mol. The molecule has 0 nitrogen and oxygen atoms in total. The van der Waals surface area contributed by atoms with E-state index in [0.29, 0.717) is 0 Å². The Morgan fingerprint density at radius 2 is 1.75 bits per heavy atom. The van der Waals surface area contributed by atoms with Crippen molar-refractivity contribution in [3.8, 4) is 0 Å². The SMILES string of the molecule is CC(C)=CC=C=[C]=[Ru]([Cl])[Cl].[CH3-].[CH3-]. The van der Waals surface area contributed by atoms with Gasteiger partial charge < -0.3 is 14.9 Å². The zero-order valence-electron chi connectivity index (χ0n) is 7.76. The van der Waals surface area contributed by atoms with Crippen LogP contribution in [0.25, 0.3) is 0 Å². The molecule has 0 fully saturated rings. The topological polar surface area (TPSA) is 0 Å². The molecule has 0 spiro atoms. The number of hydrogen-bond donors (Lipinski definition) is 0.